The lowest BCUT2D eigenvalue weighted by Gasteiger charge is -2.12. The molecule has 0 aliphatic rings. The molecule has 3 aromatic carbocycles. The van der Waals surface area contributed by atoms with E-state index in [1.807, 2.05) is 42.5 Å². The molecule has 0 atom stereocenters. The van der Waals surface area contributed by atoms with Gasteiger partial charge in [-0.15, -0.1) is 0 Å². The summed E-state index contributed by atoms with van der Waals surface area (Å²) in [6.07, 6.45) is 0. The van der Waals surface area contributed by atoms with Gasteiger partial charge in [0.25, 0.3) is 0 Å². The lowest BCUT2D eigenvalue weighted by Crippen LogP contribution is -2.03. The molecule has 0 heterocycles. The minimum atomic E-state index is -1.12. The molecule has 0 aliphatic heterocycles. The molecule has 3 aromatic rings. The Morgan fingerprint density at radius 3 is 2.44 bits per heavy atom. The third-order valence-corrected chi connectivity index (χ3v) is 3.76. The smallest absolute Gasteiger partial charge is 0.337 e. The van der Waals surface area contributed by atoms with Crippen molar-refractivity contribution in [3.8, 4) is 16.9 Å². The highest BCUT2D eigenvalue weighted by Crippen LogP contribution is 2.28. The highest BCUT2D eigenvalue weighted by atomic mass is 19.1. The topological polar surface area (TPSA) is 58.6 Å². The number of benzene rings is 3. The van der Waals surface area contributed by atoms with Crippen LogP contribution in [0.2, 0.25) is 0 Å². The van der Waals surface area contributed by atoms with Crippen LogP contribution < -0.4 is 10.1 Å². The molecule has 0 unspecified atom stereocenters. The molecule has 0 aliphatic carbocycles. The molecule has 5 heteroatoms. The lowest BCUT2D eigenvalue weighted by molar-refractivity contribution is 0.0698. The van der Waals surface area contributed by atoms with Crippen molar-refractivity contribution in [2.75, 3.05) is 12.4 Å². The highest BCUT2D eigenvalue weighted by Gasteiger charge is 2.11. The molecular weight excluding hydrogens is 321 g/mol. The Kier molecular flexibility index (Phi) is 4.66. The average Bonchev–Trinajstić information content (AvgIpc) is 2.62. The van der Waals surface area contributed by atoms with Crippen LogP contribution >= 0.6 is 0 Å². The number of aromatic carboxylic acids is 1. The van der Waals surface area contributed by atoms with Gasteiger partial charge < -0.3 is 15.2 Å². The van der Waals surface area contributed by atoms with Crippen LogP contribution in [0.1, 0.15) is 10.4 Å². The zero-order valence-corrected chi connectivity index (χ0v) is 13.5. The second kappa shape index (κ2) is 7.05. The standard InChI is InChI=1S/C20H16FNO3/c1-25-17-7-3-5-14(11-17)13-4-2-6-16(10-13)22-19-12-15(21)8-9-18(19)20(23)24/h2-12,22H,1H3,(H,23,24). The monoisotopic (exact) mass is 337 g/mol. The molecule has 25 heavy (non-hydrogen) atoms. The molecule has 0 amide bonds. The molecule has 4 nitrogen and oxygen atoms in total. The fourth-order valence-electron chi connectivity index (χ4n) is 2.54. The van der Waals surface area contributed by atoms with Crippen LogP contribution in [0, 0.1) is 5.82 Å². The van der Waals surface area contributed by atoms with Crippen LogP contribution in [-0.2, 0) is 0 Å². The summed E-state index contributed by atoms with van der Waals surface area (Å²) in [5.41, 5.74) is 2.76. The van der Waals surface area contributed by atoms with Crippen LogP contribution in [0.25, 0.3) is 11.1 Å². The predicted octanol–water partition coefficient (Wildman–Crippen LogP) is 4.94. The van der Waals surface area contributed by atoms with Gasteiger partial charge in [0.2, 0.25) is 0 Å². The highest BCUT2D eigenvalue weighted by molar-refractivity contribution is 5.95. The number of hydrogen-bond donors (Lipinski definition) is 2. The molecule has 3 rings (SSSR count). The molecule has 0 fully saturated rings. The summed E-state index contributed by atoms with van der Waals surface area (Å²) in [5.74, 6) is -0.878. The number of anilines is 2. The maximum Gasteiger partial charge on any atom is 0.337 e. The first-order chi connectivity index (χ1) is 12.1. The van der Waals surface area contributed by atoms with E-state index in [-0.39, 0.29) is 11.3 Å². The van der Waals surface area contributed by atoms with Crippen molar-refractivity contribution in [3.63, 3.8) is 0 Å². The summed E-state index contributed by atoms with van der Waals surface area (Å²) in [5, 5.41) is 12.2. The minimum Gasteiger partial charge on any atom is -0.497 e. The Morgan fingerprint density at radius 2 is 1.72 bits per heavy atom. The van der Waals surface area contributed by atoms with Gasteiger partial charge in [0.1, 0.15) is 11.6 Å². The van der Waals surface area contributed by atoms with Crippen molar-refractivity contribution >= 4 is 17.3 Å². The summed E-state index contributed by atoms with van der Waals surface area (Å²) in [7, 11) is 1.61. The van der Waals surface area contributed by atoms with Crippen LogP contribution in [0.5, 0.6) is 5.75 Å². The quantitative estimate of drug-likeness (QED) is 0.692. The second-order valence-corrected chi connectivity index (χ2v) is 5.43. The van der Waals surface area contributed by atoms with Gasteiger partial charge in [-0.05, 0) is 53.6 Å². The maximum absolute atomic E-state index is 13.5. The molecule has 0 spiro atoms. The summed E-state index contributed by atoms with van der Waals surface area (Å²) in [4.78, 5) is 11.3. The Balaban J connectivity index is 1.95. The Labute approximate surface area is 144 Å². The summed E-state index contributed by atoms with van der Waals surface area (Å²) in [6.45, 7) is 0. The number of rotatable bonds is 5. The first-order valence-electron chi connectivity index (χ1n) is 7.61. The number of carboxylic acid groups (broad SMARTS) is 1. The molecular formula is C20H16FNO3. The van der Waals surface area contributed by atoms with Crippen LogP contribution in [-0.4, -0.2) is 18.2 Å². The van der Waals surface area contributed by atoms with Crippen LogP contribution in [0.3, 0.4) is 0 Å². The van der Waals surface area contributed by atoms with Gasteiger partial charge in [0.05, 0.1) is 18.4 Å². The number of methoxy groups -OCH3 is 1. The minimum absolute atomic E-state index is 0.00758. The largest absolute Gasteiger partial charge is 0.497 e. The molecule has 0 saturated carbocycles. The number of halogens is 1. The second-order valence-electron chi connectivity index (χ2n) is 5.43. The van der Waals surface area contributed by atoms with Crippen molar-refractivity contribution < 1.29 is 19.0 Å². The first kappa shape index (κ1) is 16.5. The van der Waals surface area contributed by atoms with Gasteiger partial charge in [-0.3, -0.25) is 0 Å². The fourth-order valence-corrected chi connectivity index (χ4v) is 2.54. The Morgan fingerprint density at radius 1 is 1.00 bits per heavy atom. The van der Waals surface area contributed by atoms with E-state index in [0.717, 1.165) is 22.9 Å². The molecule has 2 N–H and O–H groups in total. The van der Waals surface area contributed by atoms with E-state index in [9.17, 15) is 14.3 Å². The van der Waals surface area contributed by atoms with E-state index in [4.69, 9.17) is 4.74 Å². The zero-order chi connectivity index (χ0) is 17.8. The lowest BCUT2D eigenvalue weighted by atomic mass is 10.0. The third-order valence-electron chi connectivity index (χ3n) is 3.76. The first-order valence-corrected chi connectivity index (χ1v) is 7.61. The van der Waals surface area contributed by atoms with Gasteiger partial charge in [-0.2, -0.15) is 0 Å². The van der Waals surface area contributed by atoms with E-state index in [0.29, 0.717) is 5.69 Å². The molecule has 126 valence electrons. The SMILES string of the molecule is COc1cccc(-c2cccc(Nc3cc(F)ccc3C(=O)O)c2)c1. The Hall–Kier alpha value is -3.34. The third kappa shape index (κ3) is 3.77. The van der Waals surface area contributed by atoms with Gasteiger partial charge in [0, 0.05) is 5.69 Å². The number of nitrogens with one attached hydrogen (secondary N) is 1. The van der Waals surface area contributed by atoms with E-state index in [2.05, 4.69) is 5.32 Å². The molecule has 0 saturated heterocycles. The number of carboxylic acids is 1. The maximum atomic E-state index is 13.5. The van der Waals surface area contributed by atoms with Crippen molar-refractivity contribution in [2.24, 2.45) is 0 Å². The molecule has 0 radical (unpaired) electrons. The van der Waals surface area contributed by atoms with E-state index >= 15 is 0 Å². The summed E-state index contributed by atoms with van der Waals surface area (Å²) in [6, 6.07) is 18.6. The van der Waals surface area contributed by atoms with Crippen molar-refractivity contribution in [1.29, 1.82) is 0 Å². The fraction of sp³-hybridized carbons (Fsp3) is 0.0500. The Bertz CT molecular complexity index is 924. The van der Waals surface area contributed by atoms with Crippen molar-refractivity contribution in [1.82, 2.24) is 0 Å². The van der Waals surface area contributed by atoms with Gasteiger partial charge >= 0.3 is 5.97 Å². The zero-order valence-electron chi connectivity index (χ0n) is 13.5. The number of ether oxygens (including phenoxy) is 1. The van der Waals surface area contributed by atoms with Gasteiger partial charge in [-0.25, -0.2) is 9.18 Å². The molecule has 0 bridgehead atoms. The number of carbonyl (C=O) groups is 1. The molecule has 0 aromatic heterocycles. The van der Waals surface area contributed by atoms with Gasteiger partial charge in [-0.1, -0.05) is 24.3 Å². The number of hydrogen-bond acceptors (Lipinski definition) is 3. The van der Waals surface area contributed by atoms with E-state index in [1.54, 1.807) is 13.2 Å². The van der Waals surface area contributed by atoms with Crippen molar-refractivity contribution in [3.05, 3.63) is 78.1 Å². The van der Waals surface area contributed by atoms with Crippen molar-refractivity contribution in [2.45, 2.75) is 0 Å². The average molecular weight is 337 g/mol. The van der Waals surface area contributed by atoms with Crippen LogP contribution in [0.15, 0.2) is 66.7 Å². The van der Waals surface area contributed by atoms with Crippen LogP contribution in [0.4, 0.5) is 15.8 Å². The normalized spacial score (nSPS) is 10.3. The predicted molar refractivity (Wildman–Crippen MR) is 95.1 cm³/mol. The summed E-state index contributed by atoms with van der Waals surface area (Å²) >= 11 is 0. The van der Waals surface area contributed by atoms with E-state index in [1.165, 1.54) is 12.1 Å². The van der Waals surface area contributed by atoms with Gasteiger partial charge in [0.15, 0.2) is 0 Å². The van der Waals surface area contributed by atoms with E-state index < -0.39 is 11.8 Å². The summed E-state index contributed by atoms with van der Waals surface area (Å²) < 4.78 is 18.7.